The molecule has 1 heterocycles. The second kappa shape index (κ2) is 13.3. The molecule has 1 fully saturated rings. The van der Waals surface area contributed by atoms with E-state index in [2.05, 4.69) is 20.1 Å². The summed E-state index contributed by atoms with van der Waals surface area (Å²) in [6.45, 7) is 10.5. The van der Waals surface area contributed by atoms with Gasteiger partial charge in [0.1, 0.15) is 12.4 Å². The minimum Gasteiger partial charge on any atom is -0.492 e. The summed E-state index contributed by atoms with van der Waals surface area (Å²) in [4.78, 5) is 16.0. The van der Waals surface area contributed by atoms with E-state index < -0.39 is 15.9 Å². The Hall–Kier alpha value is -3.35. The van der Waals surface area contributed by atoms with Crippen molar-refractivity contribution < 1.29 is 32.6 Å². The first kappa shape index (κ1) is 31.6. The molecule has 1 saturated heterocycles. The highest BCUT2D eigenvalue weighted by atomic mass is 32.2. The Balaban J connectivity index is 1.62. The maximum atomic E-state index is 13.6. The molecular formula is C30H42N4O7S. The van der Waals surface area contributed by atoms with Crippen molar-refractivity contribution in [2.75, 3.05) is 62.9 Å². The number of anilines is 2. The fraction of sp³-hybridized carbons (Fsp3) is 0.533. The number of hydrogen-bond donors (Lipinski definition) is 3. The van der Waals surface area contributed by atoms with Crippen LogP contribution in [0.3, 0.4) is 0 Å². The van der Waals surface area contributed by atoms with Crippen molar-refractivity contribution >= 4 is 33.0 Å². The van der Waals surface area contributed by atoms with E-state index in [9.17, 15) is 18.4 Å². The largest absolute Gasteiger partial charge is 0.492 e. The first-order valence-electron chi connectivity index (χ1n) is 14.2. The van der Waals surface area contributed by atoms with Crippen LogP contribution in [0.25, 0.3) is 0 Å². The molecule has 42 heavy (non-hydrogen) atoms. The van der Waals surface area contributed by atoms with Crippen molar-refractivity contribution in [3.8, 4) is 11.5 Å². The van der Waals surface area contributed by atoms with E-state index in [1.807, 2.05) is 26.8 Å². The number of sulfonamides is 1. The average Bonchev–Trinajstić information content (AvgIpc) is 2.93. The molecule has 1 amide bonds. The van der Waals surface area contributed by atoms with Gasteiger partial charge < -0.3 is 24.7 Å². The molecule has 2 aromatic carbocycles. The van der Waals surface area contributed by atoms with Gasteiger partial charge in [0.25, 0.3) is 5.91 Å². The second-order valence-corrected chi connectivity index (χ2v) is 13.5. The average molecular weight is 603 g/mol. The first-order chi connectivity index (χ1) is 19.9. The number of carbonyl (C=O) groups excluding carboxylic acids is 1. The number of nitrogens with zero attached hydrogens (tertiary/aromatic N) is 2. The predicted octanol–water partition coefficient (Wildman–Crippen LogP) is 3.77. The molecule has 12 heteroatoms. The zero-order chi connectivity index (χ0) is 30.5. The molecule has 0 atom stereocenters. The fourth-order valence-corrected chi connectivity index (χ4v) is 5.91. The maximum Gasteiger partial charge on any atom is 0.278 e. The van der Waals surface area contributed by atoms with Gasteiger partial charge in [-0.3, -0.25) is 14.4 Å². The van der Waals surface area contributed by atoms with Gasteiger partial charge in [-0.05, 0) is 72.1 Å². The molecule has 11 nitrogen and oxygen atoms in total. The highest BCUT2D eigenvalue weighted by molar-refractivity contribution is 7.92. The summed E-state index contributed by atoms with van der Waals surface area (Å²) < 4.78 is 43.8. The Morgan fingerprint density at radius 2 is 1.76 bits per heavy atom. The van der Waals surface area contributed by atoms with Crippen LogP contribution in [0.1, 0.15) is 55.9 Å². The number of hydrogen-bond acceptors (Lipinski definition) is 9. The number of morpholine rings is 1. The number of fused-ring (bicyclic) bond motifs is 1. The normalized spacial score (nSPS) is 16.5. The van der Waals surface area contributed by atoms with Crippen LogP contribution in [0.4, 0.5) is 11.4 Å². The van der Waals surface area contributed by atoms with Crippen LogP contribution in [0.5, 0.6) is 11.5 Å². The lowest BCUT2D eigenvalue weighted by Crippen LogP contribution is -2.38. The number of rotatable bonds is 10. The van der Waals surface area contributed by atoms with Gasteiger partial charge >= 0.3 is 0 Å². The highest BCUT2D eigenvalue weighted by Gasteiger charge is 2.27. The highest BCUT2D eigenvalue weighted by Crippen LogP contribution is 2.39. The third kappa shape index (κ3) is 7.73. The van der Waals surface area contributed by atoms with Crippen LogP contribution >= 0.6 is 0 Å². The summed E-state index contributed by atoms with van der Waals surface area (Å²) in [5.74, 6) is 0.279. The summed E-state index contributed by atoms with van der Waals surface area (Å²) in [6, 6.07) is 7.03. The van der Waals surface area contributed by atoms with Crippen LogP contribution in [0.2, 0.25) is 0 Å². The van der Waals surface area contributed by atoms with E-state index in [1.54, 1.807) is 18.2 Å². The topological polar surface area (TPSA) is 139 Å². The molecule has 0 spiro atoms. The third-order valence-corrected chi connectivity index (χ3v) is 8.12. The maximum absolute atomic E-state index is 13.6. The SMILES string of the molecule is COc1c(NC(=O)/C(=N\O)c2ccc(OCCN3CCOCC3)c3c2CCCC3)cc(C(C)(C)C)cc1NS(C)(=O)=O. The molecule has 0 radical (unpaired) electrons. The van der Waals surface area contributed by atoms with Crippen molar-refractivity contribution in [2.24, 2.45) is 5.16 Å². The van der Waals surface area contributed by atoms with Gasteiger partial charge in [-0.2, -0.15) is 0 Å². The number of carbonyl (C=O) groups is 1. The van der Waals surface area contributed by atoms with Crippen molar-refractivity contribution in [1.29, 1.82) is 0 Å². The Labute approximate surface area is 248 Å². The molecule has 0 unspecified atom stereocenters. The van der Waals surface area contributed by atoms with Gasteiger partial charge in [0.15, 0.2) is 11.5 Å². The monoisotopic (exact) mass is 602 g/mol. The lowest BCUT2D eigenvalue weighted by molar-refractivity contribution is -0.110. The smallest absolute Gasteiger partial charge is 0.278 e. The summed E-state index contributed by atoms with van der Waals surface area (Å²) in [7, 11) is -2.24. The number of benzene rings is 2. The molecule has 0 bridgehead atoms. The van der Waals surface area contributed by atoms with Crippen molar-refractivity contribution in [3.05, 3.63) is 46.5 Å². The van der Waals surface area contributed by atoms with Crippen LogP contribution in [0.15, 0.2) is 29.4 Å². The Morgan fingerprint density at radius 3 is 2.38 bits per heavy atom. The minimum atomic E-state index is -3.64. The Bertz CT molecular complexity index is 1430. The van der Waals surface area contributed by atoms with Gasteiger partial charge in [0.2, 0.25) is 10.0 Å². The third-order valence-electron chi connectivity index (χ3n) is 7.53. The minimum absolute atomic E-state index is 0.144. The summed E-state index contributed by atoms with van der Waals surface area (Å²) >= 11 is 0. The quantitative estimate of drug-likeness (QED) is 0.212. The van der Waals surface area contributed by atoms with E-state index in [-0.39, 0.29) is 28.3 Å². The first-order valence-corrected chi connectivity index (χ1v) is 16.1. The molecule has 2 aromatic rings. The molecule has 0 aromatic heterocycles. The lowest BCUT2D eigenvalue weighted by atomic mass is 9.85. The van der Waals surface area contributed by atoms with Gasteiger partial charge in [0.05, 0.1) is 38.0 Å². The molecule has 2 aliphatic rings. The van der Waals surface area contributed by atoms with Gasteiger partial charge in [-0.25, -0.2) is 8.42 Å². The van der Waals surface area contributed by atoms with Crippen molar-refractivity contribution in [1.82, 2.24) is 4.90 Å². The zero-order valence-corrected chi connectivity index (χ0v) is 25.9. The Kier molecular flexibility index (Phi) is 10.0. The van der Waals surface area contributed by atoms with Crippen LogP contribution in [-0.4, -0.2) is 83.0 Å². The molecular weight excluding hydrogens is 560 g/mol. The molecule has 1 aliphatic carbocycles. The molecule has 3 N–H and O–H groups in total. The van der Waals surface area contributed by atoms with E-state index >= 15 is 0 Å². The van der Waals surface area contributed by atoms with Gasteiger partial charge in [0, 0.05) is 25.2 Å². The van der Waals surface area contributed by atoms with E-state index in [1.165, 1.54) is 7.11 Å². The summed E-state index contributed by atoms with van der Waals surface area (Å²) in [5, 5.41) is 16.3. The number of amides is 1. The molecule has 0 saturated carbocycles. The van der Waals surface area contributed by atoms with E-state index in [4.69, 9.17) is 14.2 Å². The van der Waals surface area contributed by atoms with E-state index in [0.29, 0.717) is 12.2 Å². The van der Waals surface area contributed by atoms with Crippen LogP contribution in [-0.2, 0) is 37.8 Å². The number of nitrogens with one attached hydrogen (secondary N) is 2. The van der Waals surface area contributed by atoms with Gasteiger partial charge in [-0.15, -0.1) is 0 Å². The van der Waals surface area contributed by atoms with Crippen molar-refractivity contribution in [2.45, 2.75) is 51.9 Å². The molecule has 230 valence electrons. The zero-order valence-electron chi connectivity index (χ0n) is 25.1. The number of oxime groups is 1. The van der Waals surface area contributed by atoms with E-state index in [0.717, 1.165) is 87.2 Å². The van der Waals surface area contributed by atoms with Crippen LogP contribution < -0.4 is 19.5 Å². The summed E-state index contributed by atoms with van der Waals surface area (Å²) in [6.07, 6.45) is 4.52. The number of methoxy groups -OCH3 is 1. The molecule has 4 rings (SSSR count). The fourth-order valence-electron chi connectivity index (χ4n) is 5.35. The summed E-state index contributed by atoms with van der Waals surface area (Å²) in [5.41, 5.74) is 3.19. The Morgan fingerprint density at radius 1 is 1.10 bits per heavy atom. The standard InChI is InChI=1S/C30H42N4O7S/c1-30(2,3)20-18-24(28(39-4)25(19-20)33-42(5,37)38)31-29(35)27(32-36)23-10-11-26(22-9-7-6-8-21(22)23)41-17-14-34-12-15-40-16-13-34/h10-11,18-19,33,36H,6-9,12-17H2,1-5H3,(H,31,35)/b32-27-. The molecule has 1 aliphatic heterocycles. The van der Waals surface area contributed by atoms with Crippen molar-refractivity contribution in [3.63, 3.8) is 0 Å². The lowest BCUT2D eigenvalue weighted by Gasteiger charge is -2.27. The van der Waals surface area contributed by atoms with Crippen LogP contribution in [0, 0.1) is 0 Å². The predicted molar refractivity (Wildman–Crippen MR) is 163 cm³/mol. The van der Waals surface area contributed by atoms with Gasteiger partial charge in [-0.1, -0.05) is 25.9 Å². The second-order valence-electron chi connectivity index (χ2n) is 11.7. The number of ether oxygens (including phenoxy) is 3.